The molecule has 5 aliphatic carbocycles. The fraction of sp³-hybridized carbons (Fsp3) is 0.931. The van der Waals surface area contributed by atoms with E-state index in [9.17, 15) is 15.3 Å². The molecule has 3 N–H and O–H groups in total. The molecular weight excluding hydrogens is 412 g/mol. The van der Waals surface area contributed by atoms with Gasteiger partial charge in [-0.25, -0.2) is 0 Å². The van der Waals surface area contributed by atoms with E-state index in [0.717, 1.165) is 44.9 Å². The molecule has 4 saturated carbocycles. The van der Waals surface area contributed by atoms with Crippen molar-refractivity contribution in [3.05, 3.63) is 12.2 Å². The van der Waals surface area contributed by atoms with Crippen molar-refractivity contribution in [3.8, 4) is 0 Å². The van der Waals surface area contributed by atoms with Gasteiger partial charge < -0.3 is 20.1 Å². The third kappa shape index (κ3) is 2.58. The third-order valence-electron chi connectivity index (χ3n) is 12.9. The van der Waals surface area contributed by atoms with Crippen LogP contribution in [0.3, 0.4) is 0 Å². The fourth-order valence-corrected chi connectivity index (χ4v) is 10.9. The first-order chi connectivity index (χ1) is 15.4. The van der Waals surface area contributed by atoms with Crippen molar-refractivity contribution >= 4 is 0 Å². The highest BCUT2D eigenvalue weighted by molar-refractivity contribution is 5.32. The van der Waals surface area contributed by atoms with Crippen LogP contribution in [0.4, 0.5) is 0 Å². The first-order valence-corrected chi connectivity index (χ1v) is 13.7. The van der Waals surface area contributed by atoms with E-state index in [1.165, 1.54) is 6.42 Å². The van der Waals surface area contributed by atoms with Gasteiger partial charge in [0, 0.05) is 22.7 Å². The zero-order valence-corrected chi connectivity index (χ0v) is 21.4. The molecule has 33 heavy (non-hydrogen) atoms. The first kappa shape index (κ1) is 23.0. The van der Waals surface area contributed by atoms with Gasteiger partial charge >= 0.3 is 0 Å². The van der Waals surface area contributed by atoms with Crippen LogP contribution in [0.5, 0.6) is 0 Å². The molecule has 6 aliphatic rings. The van der Waals surface area contributed by atoms with Crippen molar-refractivity contribution in [1.29, 1.82) is 0 Å². The Hall–Kier alpha value is -0.420. The lowest BCUT2D eigenvalue weighted by Gasteiger charge is -2.69. The van der Waals surface area contributed by atoms with E-state index in [0.29, 0.717) is 35.7 Å². The van der Waals surface area contributed by atoms with Crippen molar-refractivity contribution in [3.63, 3.8) is 0 Å². The molecule has 6 rings (SSSR count). The van der Waals surface area contributed by atoms with Crippen LogP contribution in [-0.4, -0.2) is 46.3 Å². The van der Waals surface area contributed by atoms with Gasteiger partial charge in [0.2, 0.25) is 0 Å². The van der Waals surface area contributed by atoms with Crippen LogP contribution in [-0.2, 0) is 4.74 Å². The molecule has 2 bridgehead atoms. The van der Waals surface area contributed by atoms with Crippen molar-refractivity contribution in [2.45, 2.75) is 104 Å². The molecule has 1 spiro atoms. The van der Waals surface area contributed by atoms with Crippen molar-refractivity contribution < 1.29 is 20.1 Å². The van der Waals surface area contributed by atoms with E-state index in [4.69, 9.17) is 4.74 Å². The maximum atomic E-state index is 11.7. The van der Waals surface area contributed by atoms with Gasteiger partial charge in [-0.2, -0.15) is 0 Å². The largest absolute Gasteiger partial charge is 0.396 e. The highest BCUT2D eigenvalue weighted by Crippen LogP contribution is 2.75. The summed E-state index contributed by atoms with van der Waals surface area (Å²) in [5.74, 6) is 1.42. The number of ether oxygens (including phenoxy) is 1. The lowest BCUT2D eigenvalue weighted by Crippen LogP contribution is -2.68. The molecule has 4 heteroatoms. The molecular formula is C29H46O4. The lowest BCUT2D eigenvalue weighted by molar-refractivity contribution is -0.223. The SMILES string of the molecule is CC1(C)CC[C@]23CO[C@@]4(C=C[C@@H]5[C@@]6(C)CC[C@H](O)[C@@](C)(CO)[C@@H]6CC[C@@]5(C)[C@@H]4C[C@@H]2O)[C@@H]3C1. The summed E-state index contributed by atoms with van der Waals surface area (Å²) in [5, 5.41) is 33.0. The Kier molecular flexibility index (Phi) is 4.64. The van der Waals surface area contributed by atoms with E-state index in [-0.39, 0.29) is 34.6 Å². The molecule has 11 atom stereocenters. The third-order valence-corrected chi connectivity index (χ3v) is 12.9. The molecule has 5 fully saturated rings. The van der Waals surface area contributed by atoms with Crippen LogP contribution in [0.25, 0.3) is 0 Å². The molecule has 1 heterocycles. The van der Waals surface area contributed by atoms with Gasteiger partial charge in [0.05, 0.1) is 31.0 Å². The Morgan fingerprint density at radius 2 is 1.55 bits per heavy atom. The zero-order chi connectivity index (χ0) is 23.7. The van der Waals surface area contributed by atoms with Gasteiger partial charge in [0.25, 0.3) is 0 Å². The van der Waals surface area contributed by atoms with E-state index in [1.807, 2.05) is 0 Å². The highest BCUT2D eigenvalue weighted by Gasteiger charge is 2.74. The Morgan fingerprint density at radius 3 is 2.27 bits per heavy atom. The van der Waals surface area contributed by atoms with E-state index < -0.39 is 11.5 Å². The number of allylic oxidation sites excluding steroid dienone is 1. The van der Waals surface area contributed by atoms with Crippen LogP contribution in [0.15, 0.2) is 12.2 Å². The maximum absolute atomic E-state index is 11.7. The van der Waals surface area contributed by atoms with Gasteiger partial charge in [-0.05, 0) is 79.4 Å². The smallest absolute Gasteiger partial charge is 0.0932 e. The van der Waals surface area contributed by atoms with Crippen LogP contribution < -0.4 is 0 Å². The monoisotopic (exact) mass is 458 g/mol. The lowest BCUT2D eigenvalue weighted by atomic mass is 9.36. The van der Waals surface area contributed by atoms with Crippen LogP contribution in [0, 0.1) is 50.7 Å². The number of aliphatic hydroxyl groups excluding tert-OH is 3. The minimum atomic E-state index is -0.435. The molecule has 0 aromatic heterocycles. The number of hydrogen-bond acceptors (Lipinski definition) is 4. The first-order valence-electron chi connectivity index (χ1n) is 13.7. The minimum Gasteiger partial charge on any atom is -0.396 e. The van der Waals surface area contributed by atoms with E-state index in [2.05, 4.69) is 46.8 Å². The number of aliphatic hydroxyl groups is 3. The van der Waals surface area contributed by atoms with Gasteiger partial charge in [-0.15, -0.1) is 0 Å². The number of fused-ring (bicyclic) bond motifs is 4. The van der Waals surface area contributed by atoms with Crippen LogP contribution in [0.1, 0.15) is 86.0 Å². The summed E-state index contributed by atoms with van der Waals surface area (Å²) in [6.45, 7) is 12.6. The van der Waals surface area contributed by atoms with E-state index in [1.54, 1.807) is 0 Å². The predicted octanol–water partition coefficient (Wildman–Crippen LogP) is 4.71. The Labute approximate surface area is 200 Å². The van der Waals surface area contributed by atoms with Gasteiger partial charge in [-0.1, -0.05) is 46.8 Å². The van der Waals surface area contributed by atoms with Crippen LogP contribution in [0.2, 0.25) is 0 Å². The molecule has 1 saturated heterocycles. The average Bonchev–Trinajstić information content (AvgIpc) is 3.00. The topological polar surface area (TPSA) is 69.9 Å². The standard InChI is InChI=1S/C29H46O4/c1-24(2)12-13-28-17-33-29(21(28)15-24)11-7-18-25(3)10-8-22(31)27(5,16-30)19(25)6-9-26(18,4)20(29)14-23(28)32/h7,11,18-23,30-32H,6,8-10,12-17H2,1-5H3/t18-,19-,20+,21-,22+,23+,25-,26-,27+,28-,29-/m1/s1. The Balaban J connectivity index is 1.45. The van der Waals surface area contributed by atoms with Crippen LogP contribution >= 0.6 is 0 Å². The summed E-state index contributed by atoms with van der Waals surface area (Å²) in [7, 11) is 0. The Bertz CT molecular complexity index is 868. The minimum absolute atomic E-state index is 0.0474. The van der Waals surface area contributed by atoms with Crippen molar-refractivity contribution in [2.24, 2.45) is 50.7 Å². The zero-order valence-electron chi connectivity index (χ0n) is 21.4. The molecule has 1 aliphatic heterocycles. The molecule has 4 nitrogen and oxygen atoms in total. The summed E-state index contributed by atoms with van der Waals surface area (Å²) in [5.41, 5.74) is -0.321. The molecule has 0 unspecified atom stereocenters. The second-order valence-electron chi connectivity index (χ2n) is 14.8. The van der Waals surface area contributed by atoms with Gasteiger partial charge in [-0.3, -0.25) is 0 Å². The normalized spacial score (nSPS) is 61.0. The summed E-state index contributed by atoms with van der Waals surface area (Å²) in [6.07, 6.45) is 12.4. The summed E-state index contributed by atoms with van der Waals surface area (Å²) in [6, 6.07) is 0. The summed E-state index contributed by atoms with van der Waals surface area (Å²) in [4.78, 5) is 0. The van der Waals surface area contributed by atoms with Gasteiger partial charge in [0.1, 0.15) is 0 Å². The second-order valence-corrected chi connectivity index (χ2v) is 14.8. The molecule has 0 aromatic rings. The number of rotatable bonds is 1. The molecule has 0 radical (unpaired) electrons. The summed E-state index contributed by atoms with van der Waals surface area (Å²) >= 11 is 0. The highest BCUT2D eigenvalue weighted by atomic mass is 16.5. The molecule has 0 amide bonds. The molecule has 0 aromatic carbocycles. The molecule has 186 valence electrons. The van der Waals surface area contributed by atoms with Gasteiger partial charge in [0.15, 0.2) is 0 Å². The number of hydrogen-bond donors (Lipinski definition) is 3. The second kappa shape index (κ2) is 6.66. The van der Waals surface area contributed by atoms with E-state index >= 15 is 0 Å². The quantitative estimate of drug-likeness (QED) is 0.498. The fourth-order valence-electron chi connectivity index (χ4n) is 10.9. The average molecular weight is 459 g/mol. The van der Waals surface area contributed by atoms with Crippen molar-refractivity contribution in [2.75, 3.05) is 13.2 Å². The Morgan fingerprint density at radius 1 is 0.848 bits per heavy atom. The van der Waals surface area contributed by atoms with Crippen molar-refractivity contribution in [1.82, 2.24) is 0 Å². The predicted molar refractivity (Wildman–Crippen MR) is 128 cm³/mol. The summed E-state index contributed by atoms with van der Waals surface area (Å²) < 4.78 is 6.91. The maximum Gasteiger partial charge on any atom is 0.0932 e.